The summed E-state index contributed by atoms with van der Waals surface area (Å²) < 4.78 is 0. The summed E-state index contributed by atoms with van der Waals surface area (Å²) in [6.45, 7) is 5.96. The molecule has 0 heterocycles. The fourth-order valence-corrected chi connectivity index (χ4v) is 1.77. The van der Waals surface area contributed by atoms with Gasteiger partial charge in [0.25, 0.3) is 0 Å². The summed E-state index contributed by atoms with van der Waals surface area (Å²) in [5, 5.41) is 0. The Morgan fingerprint density at radius 2 is 2.00 bits per heavy atom. The molecule has 0 saturated heterocycles. The zero-order chi connectivity index (χ0) is 7.07. The molecule has 52 valence electrons. The van der Waals surface area contributed by atoms with E-state index >= 15 is 0 Å². The van der Waals surface area contributed by atoms with Crippen molar-refractivity contribution in [2.45, 2.75) is 33.6 Å². The van der Waals surface area contributed by atoms with E-state index in [4.69, 9.17) is 0 Å². The molecule has 1 saturated carbocycles. The van der Waals surface area contributed by atoms with Gasteiger partial charge in [-0.05, 0) is 25.7 Å². The summed E-state index contributed by atoms with van der Waals surface area (Å²) in [7, 11) is 0. The molecule has 1 aliphatic rings. The fourth-order valence-electron chi connectivity index (χ4n) is 1.77. The number of hydrogen-bond acceptors (Lipinski definition) is 1. The molecule has 1 fully saturated rings. The molecule has 0 aliphatic heterocycles. The van der Waals surface area contributed by atoms with Crippen LogP contribution in [0.2, 0.25) is 0 Å². The monoisotopic (exact) mass is 126 g/mol. The van der Waals surface area contributed by atoms with Gasteiger partial charge in [0.05, 0.1) is 0 Å². The minimum Gasteiger partial charge on any atom is -0.299 e. The Balaban J connectivity index is 2.50. The minimum atomic E-state index is 0.0550. The molecule has 0 bridgehead atoms. The maximum absolute atomic E-state index is 10.9. The number of hydrogen-bond donors (Lipinski definition) is 0. The van der Waals surface area contributed by atoms with Crippen molar-refractivity contribution in [1.29, 1.82) is 0 Å². The predicted octanol–water partition coefficient (Wildman–Crippen LogP) is 2.01. The van der Waals surface area contributed by atoms with E-state index < -0.39 is 0 Å². The average molecular weight is 126 g/mol. The average Bonchev–Trinajstić information content (AvgIpc) is 1.62. The normalized spacial score (nSPS) is 41.9. The van der Waals surface area contributed by atoms with Crippen LogP contribution in [0.5, 0.6) is 0 Å². The van der Waals surface area contributed by atoms with E-state index in [1.807, 2.05) is 0 Å². The van der Waals surface area contributed by atoms with E-state index in [0.29, 0.717) is 5.78 Å². The maximum Gasteiger partial charge on any atom is 0.135 e. The fraction of sp³-hybridized carbons (Fsp3) is 0.875. The van der Waals surface area contributed by atoms with Crippen LogP contribution >= 0.6 is 0 Å². The molecule has 1 nitrogen and oxygen atoms in total. The highest BCUT2D eigenvalue weighted by Crippen LogP contribution is 2.45. The summed E-state index contributed by atoms with van der Waals surface area (Å²) in [4.78, 5) is 10.9. The van der Waals surface area contributed by atoms with Gasteiger partial charge in [-0.1, -0.05) is 13.8 Å². The highest BCUT2D eigenvalue weighted by atomic mass is 16.1. The van der Waals surface area contributed by atoms with Crippen LogP contribution in [0.3, 0.4) is 0 Å². The zero-order valence-corrected chi connectivity index (χ0v) is 6.40. The molecular weight excluding hydrogens is 112 g/mol. The van der Waals surface area contributed by atoms with Gasteiger partial charge in [0.15, 0.2) is 0 Å². The topological polar surface area (TPSA) is 17.1 Å². The van der Waals surface area contributed by atoms with E-state index in [-0.39, 0.29) is 5.41 Å². The molecule has 0 aromatic rings. The first-order valence-corrected chi connectivity index (χ1v) is 3.56. The molecule has 1 heteroatoms. The first-order chi connectivity index (χ1) is 4.04. The number of ketones is 1. The third-order valence-corrected chi connectivity index (χ3v) is 2.45. The molecule has 0 atom stereocenters. The van der Waals surface area contributed by atoms with Crippen molar-refractivity contribution in [2.75, 3.05) is 0 Å². The Hall–Kier alpha value is -0.330. The van der Waals surface area contributed by atoms with Crippen molar-refractivity contribution in [1.82, 2.24) is 0 Å². The number of rotatable bonds is 1. The summed E-state index contributed by atoms with van der Waals surface area (Å²) >= 11 is 0. The van der Waals surface area contributed by atoms with Gasteiger partial charge in [0, 0.05) is 5.41 Å². The van der Waals surface area contributed by atoms with Gasteiger partial charge in [-0.3, -0.25) is 4.79 Å². The highest BCUT2D eigenvalue weighted by molar-refractivity contribution is 5.82. The molecule has 0 N–H and O–H groups in total. The lowest BCUT2D eigenvalue weighted by Gasteiger charge is -2.41. The highest BCUT2D eigenvalue weighted by Gasteiger charge is 2.41. The van der Waals surface area contributed by atoms with Crippen LogP contribution < -0.4 is 0 Å². The van der Waals surface area contributed by atoms with Crippen molar-refractivity contribution in [2.24, 2.45) is 11.3 Å². The molecule has 0 amide bonds. The Morgan fingerprint density at radius 1 is 1.56 bits per heavy atom. The maximum atomic E-state index is 10.9. The lowest BCUT2D eigenvalue weighted by molar-refractivity contribution is -0.132. The molecule has 9 heavy (non-hydrogen) atoms. The van der Waals surface area contributed by atoms with E-state index in [9.17, 15) is 4.79 Å². The van der Waals surface area contributed by atoms with Crippen molar-refractivity contribution >= 4 is 5.78 Å². The van der Waals surface area contributed by atoms with Gasteiger partial charge in [0.1, 0.15) is 5.78 Å². The largest absolute Gasteiger partial charge is 0.299 e. The molecular formula is C8H14O. The summed E-state index contributed by atoms with van der Waals surface area (Å²) in [5.41, 5.74) is 0.0550. The van der Waals surface area contributed by atoms with Crippen molar-refractivity contribution in [3.8, 4) is 0 Å². The first kappa shape index (κ1) is 6.79. The summed E-state index contributed by atoms with van der Waals surface area (Å²) in [6, 6.07) is 0. The first-order valence-electron chi connectivity index (χ1n) is 3.56. The van der Waals surface area contributed by atoms with Crippen LogP contribution in [0.25, 0.3) is 0 Å². The van der Waals surface area contributed by atoms with E-state index in [1.165, 1.54) is 0 Å². The second-order valence-electron chi connectivity index (χ2n) is 3.63. The lowest BCUT2D eigenvalue weighted by atomic mass is 9.62. The molecule has 1 rings (SSSR count). The molecule has 0 unspecified atom stereocenters. The quantitative estimate of drug-likeness (QED) is 0.525. The van der Waals surface area contributed by atoms with Crippen LogP contribution in [0, 0.1) is 11.3 Å². The van der Waals surface area contributed by atoms with Crippen LogP contribution in [-0.2, 0) is 4.79 Å². The third kappa shape index (κ3) is 1.00. The lowest BCUT2D eigenvalue weighted by Crippen LogP contribution is -2.38. The molecule has 0 radical (unpaired) electrons. The molecule has 0 spiro atoms. The van der Waals surface area contributed by atoms with Gasteiger partial charge in [-0.2, -0.15) is 0 Å². The van der Waals surface area contributed by atoms with Crippen LogP contribution in [0.15, 0.2) is 0 Å². The number of carbonyl (C=O) groups is 1. The minimum absolute atomic E-state index is 0.0550. The Bertz CT molecular complexity index is 132. The van der Waals surface area contributed by atoms with Crippen LogP contribution in [0.1, 0.15) is 33.6 Å². The third-order valence-electron chi connectivity index (χ3n) is 2.45. The molecule has 0 aromatic carbocycles. The number of Topliss-reactive ketones (excluding diaryl/α,β-unsaturated/α-hetero) is 1. The smallest absolute Gasteiger partial charge is 0.135 e. The Labute approximate surface area is 56.4 Å². The zero-order valence-electron chi connectivity index (χ0n) is 6.40. The van der Waals surface area contributed by atoms with Gasteiger partial charge in [-0.25, -0.2) is 0 Å². The van der Waals surface area contributed by atoms with E-state index in [0.717, 1.165) is 18.8 Å². The standard InChI is InChI=1S/C8H14O/c1-6-4-8(3,5-6)7(2)9/h6H,4-5H2,1-3H3/t6-,8-. The predicted molar refractivity (Wildman–Crippen MR) is 37.2 cm³/mol. The van der Waals surface area contributed by atoms with Crippen molar-refractivity contribution in [3.05, 3.63) is 0 Å². The Morgan fingerprint density at radius 3 is 2.11 bits per heavy atom. The van der Waals surface area contributed by atoms with Gasteiger partial charge >= 0.3 is 0 Å². The second kappa shape index (κ2) is 1.83. The summed E-state index contributed by atoms with van der Waals surface area (Å²) in [6.07, 6.45) is 2.20. The van der Waals surface area contributed by atoms with Crippen molar-refractivity contribution in [3.63, 3.8) is 0 Å². The van der Waals surface area contributed by atoms with E-state index in [2.05, 4.69) is 13.8 Å². The Kier molecular flexibility index (Phi) is 1.38. The molecule has 1 aliphatic carbocycles. The van der Waals surface area contributed by atoms with Gasteiger partial charge in [-0.15, -0.1) is 0 Å². The van der Waals surface area contributed by atoms with Gasteiger partial charge < -0.3 is 0 Å². The second-order valence-corrected chi connectivity index (χ2v) is 3.63. The van der Waals surface area contributed by atoms with Crippen LogP contribution in [0.4, 0.5) is 0 Å². The van der Waals surface area contributed by atoms with E-state index in [1.54, 1.807) is 6.92 Å². The summed E-state index contributed by atoms with van der Waals surface area (Å²) in [5.74, 6) is 1.14. The SMILES string of the molecule is CC(=O)[C@]1(C)C[C@@H](C)C1. The molecule has 0 aromatic heterocycles. The van der Waals surface area contributed by atoms with Crippen LogP contribution in [-0.4, -0.2) is 5.78 Å². The van der Waals surface area contributed by atoms with Crippen molar-refractivity contribution < 1.29 is 4.79 Å². The van der Waals surface area contributed by atoms with Gasteiger partial charge in [0.2, 0.25) is 0 Å². The number of carbonyl (C=O) groups excluding carboxylic acids is 1.